The fraction of sp³-hybridized carbons (Fsp3) is 0.562. The van der Waals surface area contributed by atoms with Gasteiger partial charge in [-0.3, -0.25) is 4.79 Å². The number of likely N-dealkylation sites (tertiary alicyclic amines) is 1. The molecule has 2 unspecified atom stereocenters. The molecular weight excluding hydrogens is 304 g/mol. The fourth-order valence-corrected chi connectivity index (χ4v) is 2.95. The van der Waals surface area contributed by atoms with E-state index in [2.05, 4.69) is 6.92 Å². The van der Waals surface area contributed by atoms with Gasteiger partial charge in [0, 0.05) is 18.2 Å². The second-order valence-corrected chi connectivity index (χ2v) is 5.59. The Hall–Kier alpha value is -1.46. The standard InChI is InChI=1S/C16H24N2O3.ClH/c1-11-6-12(9-17)10-18(11)16(19)8-13-7-14(20-2)4-5-15(13)21-3;/h4-5,7,11-12H,6,8-10,17H2,1-3H3;1H. The van der Waals surface area contributed by atoms with Crippen LogP contribution in [-0.2, 0) is 11.2 Å². The number of nitrogens with two attached hydrogens (primary N) is 1. The Labute approximate surface area is 138 Å². The average molecular weight is 329 g/mol. The molecule has 0 radical (unpaired) electrons. The van der Waals surface area contributed by atoms with E-state index < -0.39 is 0 Å². The summed E-state index contributed by atoms with van der Waals surface area (Å²) < 4.78 is 10.6. The van der Waals surface area contributed by atoms with E-state index in [0.29, 0.717) is 24.6 Å². The van der Waals surface area contributed by atoms with Crippen LogP contribution in [0.25, 0.3) is 0 Å². The molecule has 0 spiro atoms. The van der Waals surface area contributed by atoms with Gasteiger partial charge in [-0.05, 0) is 44.0 Å². The second kappa shape index (κ2) is 8.25. The minimum atomic E-state index is 0. The lowest BCUT2D eigenvalue weighted by atomic mass is 10.1. The van der Waals surface area contributed by atoms with Gasteiger partial charge in [0.25, 0.3) is 0 Å². The highest BCUT2D eigenvalue weighted by atomic mass is 35.5. The van der Waals surface area contributed by atoms with Crippen molar-refractivity contribution in [1.29, 1.82) is 0 Å². The minimum Gasteiger partial charge on any atom is -0.497 e. The van der Waals surface area contributed by atoms with Crippen molar-refractivity contribution in [1.82, 2.24) is 4.90 Å². The van der Waals surface area contributed by atoms with Crippen molar-refractivity contribution in [3.8, 4) is 11.5 Å². The number of amides is 1. The summed E-state index contributed by atoms with van der Waals surface area (Å²) >= 11 is 0. The first kappa shape index (κ1) is 18.6. The summed E-state index contributed by atoms with van der Waals surface area (Å²) in [5, 5.41) is 0. The number of hydrogen-bond acceptors (Lipinski definition) is 4. The van der Waals surface area contributed by atoms with E-state index in [0.717, 1.165) is 24.3 Å². The molecule has 2 rings (SSSR count). The van der Waals surface area contributed by atoms with Crippen LogP contribution in [0.15, 0.2) is 18.2 Å². The molecule has 1 aromatic carbocycles. The average Bonchev–Trinajstić information content (AvgIpc) is 2.88. The SMILES string of the molecule is COc1ccc(OC)c(CC(=O)N2CC(CN)CC2C)c1.Cl. The second-order valence-electron chi connectivity index (χ2n) is 5.59. The van der Waals surface area contributed by atoms with Crippen LogP contribution in [0.4, 0.5) is 0 Å². The van der Waals surface area contributed by atoms with Crippen LogP contribution in [0.1, 0.15) is 18.9 Å². The van der Waals surface area contributed by atoms with Crippen molar-refractivity contribution >= 4 is 18.3 Å². The van der Waals surface area contributed by atoms with Crippen LogP contribution in [0.5, 0.6) is 11.5 Å². The van der Waals surface area contributed by atoms with Crippen LogP contribution in [0.3, 0.4) is 0 Å². The number of rotatable bonds is 5. The third-order valence-corrected chi connectivity index (χ3v) is 4.14. The number of carbonyl (C=O) groups is 1. The van der Waals surface area contributed by atoms with Crippen molar-refractivity contribution < 1.29 is 14.3 Å². The van der Waals surface area contributed by atoms with Gasteiger partial charge in [0.2, 0.25) is 5.91 Å². The molecule has 1 aliphatic rings. The first-order chi connectivity index (χ1) is 10.1. The smallest absolute Gasteiger partial charge is 0.227 e. The zero-order valence-corrected chi connectivity index (χ0v) is 14.2. The van der Waals surface area contributed by atoms with Crippen molar-refractivity contribution in [2.24, 2.45) is 11.7 Å². The molecule has 5 nitrogen and oxygen atoms in total. The predicted molar refractivity (Wildman–Crippen MR) is 88.8 cm³/mol. The largest absolute Gasteiger partial charge is 0.497 e. The molecule has 1 aliphatic heterocycles. The van der Waals surface area contributed by atoms with Crippen molar-refractivity contribution in [3.63, 3.8) is 0 Å². The van der Waals surface area contributed by atoms with Gasteiger partial charge in [0.15, 0.2) is 0 Å². The highest BCUT2D eigenvalue weighted by Gasteiger charge is 2.31. The molecule has 0 aromatic heterocycles. The van der Waals surface area contributed by atoms with Crippen molar-refractivity contribution in [2.45, 2.75) is 25.8 Å². The lowest BCUT2D eigenvalue weighted by molar-refractivity contribution is -0.131. The number of ether oxygens (including phenoxy) is 2. The maximum atomic E-state index is 12.5. The predicted octanol–water partition coefficient (Wildman–Crippen LogP) is 1.86. The topological polar surface area (TPSA) is 64.8 Å². The highest BCUT2D eigenvalue weighted by Crippen LogP contribution is 2.27. The molecule has 1 saturated heterocycles. The molecule has 1 fully saturated rings. The lowest BCUT2D eigenvalue weighted by Gasteiger charge is -2.22. The van der Waals surface area contributed by atoms with Gasteiger partial charge in [-0.25, -0.2) is 0 Å². The Balaban J connectivity index is 0.00000242. The molecule has 22 heavy (non-hydrogen) atoms. The van der Waals surface area contributed by atoms with Crippen LogP contribution in [-0.4, -0.2) is 44.2 Å². The van der Waals surface area contributed by atoms with Crippen LogP contribution in [0, 0.1) is 5.92 Å². The number of carbonyl (C=O) groups excluding carboxylic acids is 1. The van der Waals surface area contributed by atoms with Crippen molar-refractivity contribution in [3.05, 3.63) is 23.8 Å². The number of benzene rings is 1. The monoisotopic (exact) mass is 328 g/mol. The molecule has 1 heterocycles. The third-order valence-electron chi connectivity index (χ3n) is 4.14. The Morgan fingerprint density at radius 3 is 2.64 bits per heavy atom. The van der Waals surface area contributed by atoms with E-state index in [4.69, 9.17) is 15.2 Å². The molecular formula is C16H25ClN2O3. The first-order valence-corrected chi connectivity index (χ1v) is 7.29. The van der Waals surface area contributed by atoms with Gasteiger partial charge in [-0.15, -0.1) is 12.4 Å². The molecule has 0 bridgehead atoms. The Bertz CT molecular complexity index is 510. The summed E-state index contributed by atoms with van der Waals surface area (Å²) in [6, 6.07) is 5.77. The zero-order chi connectivity index (χ0) is 15.4. The van der Waals surface area contributed by atoms with E-state index in [1.54, 1.807) is 14.2 Å². The molecule has 124 valence electrons. The Kier molecular flexibility index (Phi) is 6.97. The van der Waals surface area contributed by atoms with Gasteiger partial charge < -0.3 is 20.1 Å². The van der Waals surface area contributed by atoms with Gasteiger partial charge in [-0.1, -0.05) is 0 Å². The van der Waals surface area contributed by atoms with Crippen LogP contribution in [0.2, 0.25) is 0 Å². The quantitative estimate of drug-likeness (QED) is 0.896. The van der Waals surface area contributed by atoms with Gasteiger partial charge in [0.1, 0.15) is 11.5 Å². The number of halogens is 1. The third kappa shape index (κ3) is 4.05. The molecule has 6 heteroatoms. The maximum Gasteiger partial charge on any atom is 0.227 e. The number of methoxy groups -OCH3 is 2. The first-order valence-electron chi connectivity index (χ1n) is 7.29. The molecule has 1 amide bonds. The molecule has 0 saturated carbocycles. The summed E-state index contributed by atoms with van der Waals surface area (Å²) in [6.07, 6.45) is 1.31. The number of hydrogen-bond donors (Lipinski definition) is 1. The van der Waals surface area contributed by atoms with Crippen LogP contribution >= 0.6 is 12.4 Å². The highest BCUT2D eigenvalue weighted by molar-refractivity contribution is 5.85. The van der Waals surface area contributed by atoms with E-state index in [9.17, 15) is 4.79 Å². The molecule has 0 aliphatic carbocycles. The Morgan fingerprint density at radius 1 is 1.36 bits per heavy atom. The maximum absolute atomic E-state index is 12.5. The lowest BCUT2D eigenvalue weighted by Crippen LogP contribution is -2.35. The van der Waals surface area contributed by atoms with E-state index >= 15 is 0 Å². The molecule has 1 aromatic rings. The van der Waals surface area contributed by atoms with Crippen molar-refractivity contribution in [2.75, 3.05) is 27.3 Å². The summed E-state index contributed by atoms with van der Waals surface area (Å²) in [5.41, 5.74) is 6.57. The van der Waals surface area contributed by atoms with E-state index in [1.807, 2.05) is 23.1 Å². The van der Waals surface area contributed by atoms with Gasteiger partial charge in [0.05, 0.1) is 20.6 Å². The van der Waals surface area contributed by atoms with Gasteiger partial charge in [-0.2, -0.15) is 0 Å². The van der Waals surface area contributed by atoms with Crippen LogP contribution < -0.4 is 15.2 Å². The molecule has 2 atom stereocenters. The van der Waals surface area contributed by atoms with E-state index in [1.165, 1.54) is 0 Å². The minimum absolute atomic E-state index is 0. The zero-order valence-electron chi connectivity index (χ0n) is 13.4. The summed E-state index contributed by atoms with van der Waals surface area (Å²) in [5.74, 6) is 1.97. The van der Waals surface area contributed by atoms with E-state index in [-0.39, 0.29) is 24.4 Å². The fourth-order valence-electron chi connectivity index (χ4n) is 2.95. The summed E-state index contributed by atoms with van der Waals surface area (Å²) in [6.45, 7) is 3.47. The number of nitrogens with zero attached hydrogens (tertiary/aromatic N) is 1. The summed E-state index contributed by atoms with van der Waals surface area (Å²) in [7, 11) is 3.22. The molecule has 2 N–H and O–H groups in total. The Morgan fingerprint density at radius 2 is 2.09 bits per heavy atom. The summed E-state index contributed by atoms with van der Waals surface area (Å²) in [4.78, 5) is 14.5. The normalized spacial score (nSPS) is 20.5. The van der Waals surface area contributed by atoms with Gasteiger partial charge >= 0.3 is 0 Å².